The van der Waals surface area contributed by atoms with Crippen molar-refractivity contribution in [2.45, 2.75) is 37.8 Å². The number of aromatic hydroxyl groups is 1. The number of carbonyl (C=O) groups excluding carboxylic acids is 2. The van der Waals surface area contributed by atoms with E-state index in [2.05, 4.69) is 0 Å². The second-order valence-corrected chi connectivity index (χ2v) is 7.24. The van der Waals surface area contributed by atoms with Gasteiger partial charge in [-0.05, 0) is 54.8 Å². The van der Waals surface area contributed by atoms with E-state index in [9.17, 15) is 24.2 Å². The van der Waals surface area contributed by atoms with Gasteiger partial charge in [0.15, 0.2) is 0 Å². The highest BCUT2D eigenvalue weighted by Crippen LogP contribution is 2.43. The molecule has 4 rings (SSSR count). The number of nitrogens with zero attached hydrogens (tertiary/aromatic N) is 1. The number of hydrogen-bond donors (Lipinski definition) is 2. The molecule has 5 nitrogen and oxygen atoms in total. The van der Waals surface area contributed by atoms with Crippen LogP contribution in [0.3, 0.4) is 0 Å². The van der Waals surface area contributed by atoms with Gasteiger partial charge in [-0.3, -0.25) is 9.59 Å². The maximum absolute atomic E-state index is 13.3. The summed E-state index contributed by atoms with van der Waals surface area (Å²) in [6.07, 6.45) is 3.57. The van der Waals surface area contributed by atoms with E-state index < -0.39 is 23.5 Å². The number of benzene rings is 2. The fourth-order valence-electron chi connectivity index (χ4n) is 4.16. The van der Waals surface area contributed by atoms with Crippen LogP contribution in [0.4, 0.5) is 4.39 Å². The van der Waals surface area contributed by atoms with Gasteiger partial charge in [-0.1, -0.05) is 25.0 Å². The number of aliphatic hydroxyl groups excluding tert-OH is 1. The maximum atomic E-state index is 13.3. The molecule has 1 saturated heterocycles. The molecule has 2 aliphatic rings. The van der Waals surface area contributed by atoms with Crippen molar-refractivity contribution in [1.82, 2.24) is 4.90 Å². The van der Waals surface area contributed by atoms with Gasteiger partial charge in [0.05, 0.1) is 11.6 Å². The number of hydrogen-bond acceptors (Lipinski definition) is 4. The van der Waals surface area contributed by atoms with Gasteiger partial charge in [0, 0.05) is 11.6 Å². The van der Waals surface area contributed by atoms with Gasteiger partial charge in [-0.25, -0.2) is 4.39 Å². The molecule has 2 fully saturated rings. The lowest BCUT2D eigenvalue weighted by Crippen LogP contribution is -2.37. The summed E-state index contributed by atoms with van der Waals surface area (Å²) < 4.78 is 13.3. The van der Waals surface area contributed by atoms with Crippen LogP contribution in [0, 0.1) is 5.82 Å². The zero-order valence-corrected chi connectivity index (χ0v) is 15.1. The first-order chi connectivity index (χ1) is 13.5. The first-order valence-corrected chi connectivity index (χ1v) is 9.32. The highest BCUT2D eigenvalue weighted by molar-refractivity contribution is 6.46. The minimum atomic E-state index is -0.744. The summed E-state index contributed by atoms with van der Waals surface area (Å²) in [5, 5.41) is 20.5. The van der Waals surface area contributed by atoms with Gasteiger partial charge in [-0.2, -0.15) is 0 Å². The summed E-state index contributed by atoms with van der Waals surface area (Å²) in [6, 6.07) is 10.6. The number of amides is 1. The molecule has 0 aromatic heterocycles. The molecule has 1 unspecified atom stereocenters. The number of Topliss-reactive ketones (excluding diaryl/α,β-unsaturated/α-hetero) is 1. The number of rotatable bonds is 3. The molecular formula is C22H20FNO4. The number of aliphatic hydroxyl groups is 1. The molecule has 1 aliphatic carbocycles. The van der Waals surface area contributed by atoms with E-state index in [1.165, 1.54) is 36.4 Å². The zero-order valence-electron chi connectivity index (χ0n) is 15.1. The summed E-state index contributed by atoms with van der Waals surface area (Å²) in [5.74, 6) is -2.09. The van der Waals surface area contributed by atoms with Crippen molar-refractivity contribution in [3.63, 3.8) is 0 Å². The third-order valence-electron chi connectivity index (χ3n) is 5.52. The minimum absolute atomic E-state index is 0.00537. The smallest absolute Gasteiger partial charge is 0.295 e. The van der Waals surface area contributed by atoms with Gasteiger partial charge in [0.25, 0.3) is 11.7 Å². The molecule has 1 amide bonds. The lowest BCUT2D eigenvalue weighted by molar-refractivity contribution is -0.141. The Bertz CT molecular complexity index is 944. The normalized spacial score (nSPS) is 22.2. The van der Waals surface area contributed by atoms with Crippen molar-refractivity contribution in [2.24, 2.45) is 0 Å². The molecule has 1 aliphatic heterocycles. The number of carbonyl (C=O) groups is 2. The van der Waals surface area contributed by atoms with Crippen LogP contribution in [-0.2, 0) is 9.59 Å². The first-order valence-electron chi connectivity index (χ1n) is 9.32. The highest BCUT2D eigenvalue weighted by Gasteiger charge is 2.49. The Kier molecular flexibility index (Phi) is 4.63. The molecular weight excluding hydrogens is 361 g/mol. The average Bonchev–Trinajstić information content (AvgIpc) is 3.30. The highest BCUT2D eigenvalue weighted by atomic mass is 19.1. The van der Waals surface area contributed by atoms with E-state index in [1.807, 2.05) is 0 Å². The van der Waals surface area contributed by atoms with Crippen LogP contribution < -0.4 is 0 Å². The van der Waals surface area contributed by atoms with E-state index in [1.54, 1.807) is 17.0 Å². The lowest BCUT2D eigenvalue weighted by Gasteiger charge is -2.30. The Balaban J connectivity index is 1.87. The van der Waals surface area contributed by atoms with Crippen LogP contribution in [0.15, 0.2) is 54.1 Å². The van der Waals surface area contributed by atoms with Crippen molar-refractivity contribution in [3.05, 3.63) is 71.0 Å². The zero-order chi connectivity index (χ0) is 19.8. The van der Waals surface area contributed by atoms with Gasteiger partial charge in [-0.15, -0.1) is 0 Å². The second-order valence-electron chi connectivity index (χ2n) is 7.24. The molecule has 2 aromatic carbocycles. The third kappa shape index (κ3) is 3.05. The van der Waals surface area contributed by atoms with Crippen molar-refractivity contribution in [1.29, 1.82) is 0 Å². The van der Waals surface area contributed by atoms with E-state index in [4.69, 9.17) is 0 Å². The van der Waals surface area contributed by atoms with Gasteiger partial charge < -0.3 is 15.1 Å². The fourth-order valence-corrected chi connectivity index (χ4v) is 4.16. The molecule has 2 N–H and O–H groups in total. The molecule has 0 bridgehead atoms. The monoisotopic (exact) mass is 381 g/mol. The van der Waals surface area contributed by atoms with E-state index in [0.29, 0.717) is 5.56 Å². The lowest BCUT2D eigenvalue weighted by atomic mass is 9.94. The number of likely N-dealkylation sites (tertiary alicyclic amines) is 1. The molecule has 1 heterocycles. The Morgan fingerprint density at radius 2 is 1.57 bits per heavy atom. The van der Waals surface area contributed by atoms with Crippen LogP contribution in [-0.4, -0.2) is 32.8 Å². The van der Waals surface area contributed by atoms with Gasteiger partial charge in [0.1, 0.15) is 17.3 Å². The molecule has 0 spiro atoms. The predicted octanol–water partition coefficient (Wildman–Crippen LogP) is 3.90. The van der Waals surface area contributed by atoms with Gasteiger partial charge in [0.2, 0.25) is 0 Å². The summed E-state index contributed by atoms with van der Waals surface area (Å²) >= 11 is 0. The minimum Gasteiger partial charge on any atom is -0.508 e. The standard InChI is InChI=1S/C22H20FNO4/c23-15-9-5-14(6-10-15)20(26)18-19(13-7-11-17(25)12-8-13)24(22(28)21(18)27)16-3-1-2-4-16/h5-12,16,19,25-26H,1-4H2/b20-18-. The fraction of sp³-hybridized carbons (Fsp3) is 0.273. The van der Waals surface area contributed by atoms with Gasteiger partial charge >= 0.3 is 0 Å². The maximum Gasteiger partial charge on any atom is 0.295 e. The predicted molar refractivity (Wildman–Crippen MR) is 101 cm³/mol. The molecule has 0 radical (unpaired) electrons. The molecule has 2 aromatic rings. The van der Waals surface area contributed by atoms with Crippen LogP contribution in [0.5, 0.6) is 5.75 Å². The summed E-state index contributed by atoms with van der Waals surface area (Å²) in [5.41, 5.74) is 0.899. The second kappa shape index (κ2) is 7.11. The van der Waals surface area contributed by atoms with Crippen LogP contribution >= 0.6 is 0 Å². The largest absolute Gasteiger partial charge is 0.508 e. The van der Waals surface area contributed by atoms with E-state index in [0.717, 1.165) is 25.7 Å². The summed E-state index contributed by atoms with van der Waals surface area (Å²) in [6.45, 7) is 0. The number of phenols is 1. The van der Waals surface area contributed by atoms with Crippen LogP contribution in [0.1, 0.15) is 42.9 Å². The molecule has 28 heavy (non-hydrogen) atoms. The van der Waals surface area contributed by atoms with E-state index in [-0.39, 0.29) is 28.7 Å². The van der Waals surface area contributed by atoms with Crippen molar-refractivity contribution >= 4 is 17.4 Å². The molecule has 1 atom stereocenters. The van der Waals surface area contributed by atoms with Crippen LogP contribution in [0.25, 0.3) is 5.76 Å². The number of halogens is 1. The van der Waals surface area contributed by atoms with E-state index >= 15 is 0 Å². The SMILES string of the molecule is O=C1C(=O)N(C2CCCC2)C(c2ccc(O)cc2)/C1=C(/O)c1ccc(F)cc1. The number of phenolic OH excluding ortho intramolecular Hbond substituents is 1. The summed E-state index contributed by atoms with van der Waals surface area (Å²) in [7, 11) is 0. The Hall–Kier alpha value is -3.15. The van der Waals surface area contributed by atoms with Crippen LogP contribution in [0.2, 0.25) is 0 Å². The summed E-state index contributed by atoms with van der Waals surface area (Å²) in [4.78, 5) is 27.3. The molecule has 1 saturated carbocycles. The Labute approximate surface area is 161 Å². The Morgan fingerprint density at radius 3 is 2.18 bits per heavy atom. The first kappa shape index (κ1) is 18.2. The molecule has 6 heteroatoms. The third-order valence-corrected chi connectivity index (χ3v) is 5.52. The molecule has 144 valence electrons. The van der Waals surface area contributed by atoms with Crippen molar-refractivity contribution in [2.75, 3.05) is 0 Å². The number of ketones is 1. The van der Waals surface area contributed by atoms with Crippen molar-refractivity contribution < 1.29 is 24.2 Å². The average molecular weight is 381 g/mol. The van der Waals surface area contributed by atoms with Crippen molar-refractivity contribution in [3.8, 4) is 5.75 Å². The Morgan fingerprint density at radius 1 is 0.964 bits per heavy atom. The quantitative estimate of drug-likeness (QED) is 0.480. The topological polar surface area (TPSA) is 77.8 Å².